The number of benzene rings is 1. The van der Waals surface area contributed by atoms with Crippen molar-refractivity contribution in [3.05, 3.63) is 30.1 Å². The maximum absolute atomic E-state index is 6.21. The molecule has 0 bridgehead atoms. The monoisotopic (exact) mass is 423 g/mol. The van der Waals surface area contributed by atoms with Crippen molar-refractivity contribution in [1.82, 2.24) is 14.9 Å². The fourth-order valence-corrected chi connectivity index (χ4v) is 5.29. The van der Waals surface area contributed by atoms with Crippen molar-refractivity contribution in [2.24, 2.45) is 0 Å². The summed E-state index contributed by atoms with van der Waals surface area (Å²) in [5.41, 5.74) is 3.42. The number of hydrogen-bond donors (Lipinski definition) is 1. The molecular weight excluding hydrogens is 390 g/mol. The van der Waals surface area contributed by atoms with Crippen molar-refractivity contribution in [2.45, 2.75) is 50.5 Å². The lowest BCUT2D eigenvalue weighted by Crippen LogP contribution is -2.35. The van der Waals surface area contributed by atoms with E-state index >= 15 is 0 Å². The molecule has 1 N–H and O–H groups in total. The summed E-state index contributed by atoms with van der Waals surface area (Å²) in [6, 6.07) is 6.23. The smallest absolute Gasteiger partial charge is 0.163 e. The SMILES string of the molecule is COc1cc2c(cc1OCC(CN1CCCC1)OC)[nH]c1ccnc(C3CCCC3)c12. The predicted molar refractivity (Wildman–Crippen MR) is 123 cm³/mol. The van der Waals surface area contributed by atoms with Crippen molar-refractivity contribution in [1.29, 1.82) is 0 Å². The van der Waals surface area contributed by atoms with Crippen molar-refractivity contribution < 1.29 is 14.2 Å². The lowest BCUT2D eigenvalue weighted by Gasteiger charge is -2.23. The van der Waals surface area contributed by atoms with Gasteiger partial charge in [0.2, 0.25) is 0 Å². The van der Waals surface area contributed by atoms with E-state index in [1.165, 1.54) is 49.6 Å². The molecule has 3 aromatic rings. The topological polar surface area (TPSA) is 59.6 Å². The minimum atomic E-state index is 0.0411. The van der Waals surface area contributed by atoms with Crippen LogP contribution in [0.25, 0.3) is 21.8 Å². The number of rotatable bonds is 8. The molecule has 1 atom stereocenters. The molecule has 0 radical (unpaired) electrons. The third kappa shape index (κ3) is 4.11. The molecule has 1 aromatic carbocycles. The molecule has 6 nitrogen and oxygen atoms in total. The number of fused-ring (bicyclic) bond motifs is 3. The highest BCUT2D eigenvalue weighted by Crippen LogP contribution is 2.41. The number of pyridine rings is 1. The molecule has 6 heteroatoms. The number of ether oxygens (including phenoxy) is 3. The number of methoxy groups -OCH3 is 2. The van der Waals surface area contributed by atoms with Crippen LogP contribution in [0, 0.1) is 0 Å². The Hall–Kier alpha value is -2.31. The lowest BCUT2D eigenvalue weighted by molar-refractivity contribution is 0.0339. The van der Waals surface area contributed by atoms with Crippen molar-refractivity contribution >= 4 is 21.8 Å². The standard InChI is InChI=1S/C25H33N3O3/c1-29-18(15-28-11-5-6-12-28)16-31-23-14-21-19(13-22(23)30-2)24-20(27-21)9-10-26-25(24)17-7-3-4-8-17/h9-10,13-14,17-18,27H,3-8,11-12,15-16H2,1-2H3. The molecule has 31 heavy (non-hydrogen) atoms. The highest BCUT2D eigenvalue weighted by molar-refractivity contribution is 6.09. The maximum Gasteiger partial charge on any atom is 0.163 e. The Bertz CT molecular complexity index is 1040. The minimum Gasteiger partial charge on any atom is -0.493 e. The summed E-state index contributed by atoms with van der Waals surface area (Å²) in [6.07, 6.45) is 9.58. The molecule has 1 aliphatic heterocycles. The average molecular weight is 424 g/mol. The number of hydrogen-bond acceptors (Lipinski definition) is 5. The van der Waals surface area contributed by atoms with Crippen LogP contribution in [0.5, 0.6) is 11.5 Å². The van der Waals surface area contributed by atoms with Crippen LogP contribution in [0.15, 0.2) is 24.4 Å². The van der Waals surface area contributed by atoms with Gasteiger partial charge in [-0.3, -0.25) is 4.98 Å². The van der Waals surface area contributed by atoms with Crippen LogP contribution >= 0.6 is 0 Å². The number of H-pyrrole nitrogens is 1. The van der Waals surface area contributed by atoms with Gasteiger partial charge >= 0.3 is 0 Å². The third-order valence-corrected chi connectivity index (χ3v) is 6.98. The molecule has 1 aliphatic carbocycles. The zero-order chi connectivity index (χ0) is 21.2. The van der Waals surface area contributed by atoms with Gasteiger partial charge in [0, 0.05) is 48.1 Å². The molecule has 2 aromatic heterocycles. The number of aromatic nitrogens is 2. The van der Waals surface area contributed by atoms with Crippen LogP contribution in [0.2, 0.25) is 0 Å². The molecule has 2 aliphatic rings. The Balaban J connectivity index is 1.44. The van der Waals surface area contributed by atoms with E-state index in [9.17, 15) is 0 Å². The highest BCUT2D eigenvalue weighted by atomic mass is 16.5. The number of nitrogens with one attached hydrogen (secondary N) is 1. The zero-order valence-corrected chi connectivity index (χ0v) is 18.7. The van der Waals surface area contributed by atoms with Crippen molar-refractivity contribution in [2.75, 3.05) is 40.5 Å². The first kappa shape index (κ1) is 20.6. The molecule has 1 saturated heterocycles. The fourth-order valence-electron chi connectivity index (χ4n) is 5.29. The van der Waals surface area contributed by atoms with Gasteiger partial charge in [0.25, 0.3) is 0 Å². The van der Waals surface area contributed by atoms with E-state index in [4.69, 9.17) is 19.2 Å². The van der Waals surface area contributed by atoms with Gasteiger partial charge in [-0.1, -0.05) is 12.8 Å². The number of nitrogens with zero attached hydrogens (tertiary/aromatic N) is 2. The first-order chi connectivity index (χ1) is 15.3. The second-order valence-electron chi connectivity index (χ2n) is 8.95. The number of likely N-dealkylation sites (tertiary alicyclic amines) is 1. The number of aromatic amines is 1. The fraction of sp³-hybridized carbons (Fsp3) is 0.560. The lowest BCUT2D eigenvalue weighted by atomic mass is 9.98. The summed E-state index contributed by atoms with van der Waals surface area (Å²) in [6.45, 7) is 3.72. The molecule has 3 heterocycles. The first-order valence-corrected chi connectivity index (χ1v) is 11.6. The summed E-state index contributed by atoms with van der Waals surface area (Å²) in [5, 5.41) is 2.40. The van der Waals surface area contributed by atoms with Gasteiger partial charge in [-0.15, -0.1) is 0 Å². The van der Waals surface area contributed by atoms with E-state index in [1.807, 2.05) is 6.20 Å². The summed E-state index contributed by atoms with van der Waals surface area (Å²) >= 11 is 0. The molecular formula is C25H33N3O3. The van der Waals surface area contributed by atoms with Crippen LogP contribution in [0.1, 0.15) is 50.1 Å². The quantitative estimate of drug-likeness (QED) is 0.560. The Labute approximate surface area is 183 Å². The minimum absolute atomic E-state index is 0.0411. The Morgan fingerprint density at radius 3 is 2.61 bits per heavy atom. The molecule has 1 saturated carbocycles. The molecule has 1 unspecified atom stereocenters. The summed E-state index contributed by atoms with van der Waals surface area (Å²) < 4.78 is 17.6. The average Bonchev–Trinajstić information content (AvgIpc) is 3.56. The van der Waals surface area contributed by atoms with Gasteiger partial charge in [0.05, 0.1) is 18.3 Å². The van der Waals surface area contributed by atoms with Crippen LogP contribution in [-0.2, 0) is 4.74 Å². The Morgan fingerprint density at radius 1 is 1.06 bits per heavy atom. The zero-order valence-electron chi connectivity index (χ0n) is 18.7. The van der Waals surface area contributed by atoms with E-state index in [1.54, 1.807) is 14.2 Å². The predicted octanol–water partition coefficient (Wildman–Crippen LogP) is 4.87. The van der Waals surface area contributed by atoms with E-state index in [2.05, 4.69) is 28.1 Å². The van der Waals surface area contributed by atoms with Crippen molar-refractivity contribution in [3.63, 3.8) is 0 Å². The Morgan fingerprint density at radius 2 is 1.87 bits per heavy atom. The van der Waals surface area contributed by atoms with Gasteiger partial charge in [-0.25, -0.2) is 0 Å². The molecule has 5 rings (SSSR count). The van der Waals surface area contributed by atoms with Crippen molar-refractivity contribution in [3.8, 4) is 11.5 Å². The van der Waals surface area contributed by atoms with Gasteiger partial charge in [-0.05, 0) is 50.9 Å². The molecule has 2 fully saturated rings. The van der Waals surface area contributed by atoms with Crippen LogP contribution in [-0.4, -0.2) is 61.4 Å². The van der Waals surface area contributed by atoms with Gasteiger partial charge in [0.1, 0.15) is 12.7 Å². The van der Waals surface area contributed by atoms with E-state index in [0.29, 0.717) is 12.5 Å². The van der Waals surface area contributed by atoms with E-state index in [0.717, 1.165) is 47.6 Å². The third-order valence-electron chi connectivity index (χ3n) is 6.98. The summed E-state index contributed by atoms with van der Waals surface area (Å²) in [4.78, 5) is 10.8. The van der Waals surface area contributed by atoms with Crippen LogP contribution in [0.3, 0.4) is 0 Å². The Kier molecular flexibility index (Phi) is 6.01. The normalized spacial score (nSPS) is 18.9. The second kappa shape index (κ2) is 9.05. The second-order valence-corrected chi connectivity index (χ2v) is 8.95. The van der Waals surface area contributed by atoms with Crippen LogP contribution in [0.4, 0.5) is 0 Å². The van der Waals surface area contributed by atoms with Gasteiger partial charge in [0.15, 0.2) is 11.5 Å². The molecule has 0 amide bonds. The largest absolute Gasteiger partial charge is 0.493 e. The highest BCUT2D eigenvalue weighted by Gasteiger charge is 2.24. The summed E-state index contributed by atoms with van der Waals surface area (Å²) in [5.74, 6) is 2.06. The molecule has 166 valence electrons. The van der Waals surface area contributed by atoms with Gasteiger partial charge < -0.3 is 24.1 Å². The van der Waals surface area contributed by atoms with E-state index in [-0.39, 0.29) is 6.10 Å². The first-order valence-electron chi connectivity index (χ1n) is 11.6. The molecule has 0 spiro atoms. The van der Waals surface area contributed by atoms with Crippen LogP contribution < -0.4 is 9.47 Å². The van der Waals surface area contributed by atoms with Gasteiger partial charge in [-0.2, -0.15) is 0 Å². The maximum atomic E-state index is 6.21. The van der Waals surface area contributed by atoms with E-state index < -0.39 is 0 Å². The summed E-state index contributed by atoms with van der Waals surface area (Å²) in [7, 11) is 3.47.